The molecule has 0 heterocycles. The van der Waals surface area contributed by atoms with E-state index in [1.165, 1.54) is 0 Å². The van der Waals surface area contributed by atoms with E-state index in [0.29, 0.717) is 10.7 Å². The van der Waals surface area contributed by atoms with Gasteiger partial charge in [0.1, 0.15) is 5.75 Å². The molecule has 0 saturated heterocycles. The fourth-order valence-electron chi connectivity index (χ4n) is 2.76. The summed E-state index contributed by atoms with van der Waals surface area (Å²) in [6, 6.07) is 7.71. The lowest BCUT2D eigenvalue weighted by molar-refractivity contribution is -0.137. The van der Waals surface area contributed by atoms with Crippen molar-refractivity contribution in [2.75, 3.05) is 43.4 Å². The Labute approximate surface area is 189 Å². The molecule has 10 heteroatoms. The number of halogens is 5. The molecule has 0 atom stereocenters. The van der Waals surface area contributed by atoms with E-state index in [1.54, 1.807) is 18.2 Å². The minimum atomic E-state index is -4.51. The summed E-state index contributed by atoms with van der Waals surface area (Å²) >= 11 is 12.1. The molecule has 0 bridgehead atoms. The van der Waals surface area contributed by atoms with Crippen molar-refractivity contribution in [2.45, 2.75) is 20.0 Å². The van der Waals surface area contributed by atoms with Crippen LogP contribution < -0.4 is 15.4 Å². The molecule has 0 fully saturated rings. The Bertz CT molecular complexity index is 891. The Morgan fingerprint density at radius 1 is 1.06 bits per heavy atom. The second-order valence-electron chi connectivity index (χ2n) is 6.63. The first kappa shape index (κ1) is 25.1. The molecule has 2 N–H and O–H groups in total. The molecule has 0 radical (unpaired) electrons. The molecule has 0 aliphatic heterocycles. The summed E-state index contributed by atoms with van der Waals surface area (Å²) in [6.45, 7) is 7.33. The third-order valence-corrected chi connectivity index (χ3v) is 5.12. The van der Waals surface area contributed by atoms with Gasteiger partial charge in [-0.05, 0) is 49.5 Å². The average Bonchev–Trinajstić information content (AvgIpc) is 2.71. The van der Waals surface area contributed by atoms with E-state index >= 15 is 0 Å². The van der Waals surface area contributed by atoms with Crippen LogP contribution in [0.1, 0.15) is 19.4 Å². The van der Waals surface area contributed by atoms with Crippen LogP contribution >= 0.6 is 23.2 Å². The van der Waals surface area contributed by atoms with Crippen molar-refractivity contribution in [1.82, 2.24) is 4.90 Å². The Kier molecular flexibility index (Phi) is 9.28. The van der Waals surface area contributed by atoms with Gasteiger partial charge in [0.05, 0.1) is 21.3 Å². The maximum absolute atomic E-state index is 12.7. The summed E-state index contributed by atoms with van der Waals surface area (Å²) < 4.78 is 43.2. The summed E-state index contributed by atoms with van der Waals surface area (Å²) in [5.41, 5.74) is 0.320. The number of amides is 1. The normalized spacial score (nSPS) is 11.5. The fraction of sp³-hybridized carbons (Fsp3) is 0.381. The summed E-state index contributed by atoms with van der Waals surface area (Å²) in [6.07, 6.45) is -4.51. The number of nitrogens with zero attached hydrogens (tertiary/aromatic N) is 1. The first-order valence-electron chi connectivity index (χ1n) is 9.69. The molecule has 0 aliphatic carbocycles. The molecule has 170 valence electrons. The van der Waals surface area contributed by atoms with E-state index in [0.717, 1.165) is 50.1 Å². The zero-order valence-corrected chi connectivity index (χ0v) is 18.7. The second kappa shape index (κ2) is 11.5. The Balaban J connectivity index is 1.87. The number of hydrogen-bond donors (Lipinski definition) is 2. The van der Waals surface area contributed by atoms with E-state index < -0.39 is 24.3 Å². The van der Waals surface area contributed by atoms with Crippen molar-refractivity contribution < 1.29 is 22.7 Å². The fourth-order valence-corrected chi connectivity index (χ4v) is 3.24. The lowest BCUT2D eigenvalue weighted by Crippen LogP contribution is -2.28. The van der Waals surface area contributed by atoms with Crippen molar-refractivity contribution in [3.05, 3.63) is 52.0 Å². The molecule has 0 unspecified atom stereocenters. The summed E-state index contributed by atoms with van der Waals surface area (Å²) in [7, 11) is 0. The van der Waals surface area contributed by atoms with Crippen LogP contribution in [0.25, 0.3) is 0 Å². The molecule has 2 rings (SSSR count). The van der Waals surface area contributed by atoms with Crippen LogP contribution in [0.3, 0.4) is 0 Å². The van der Waals surface area contributed by atoms with Gasteiger partial charge in [0, 0.05) is 18.8 Å². The maximum atomic E-state index is 12.7. The molecule has 0 aromatic heterocycles. The van der Waals surface area contributed by atoms with Crippen LogP contribution in [0.5, 0.6) is 5.75 Å². The van der Waals surface area contributed by atoms with E-state index in [4.69, 9.17) is 27.9 Å². The van der Waals surface area contributed by atoms with Crippen LogP contribution in [0.4, 0.5) is 24.5 Å². The van der Waals surface area contributed by atoms with Gasteiger partial charge in [-0.25, -0.2) is 0 Å². The van der Waals surface area contributed by atoms with E-state index in [9.17, 15) is 18.0 Å². The number of nitrogens with one attached hydrogen (secondary N) is 2. The molecular weight excluding hydrogens is 454 g/mol. The van der Waals surface area contributed by atoms with E-state index in [-0.39, 0.29) is 10.8 Å². The molecule has 31 heavy (non-hydrogen) atoms. The first-order chi connectivity index (χ1) is 14.6. The number of benzene rings is 2. The molecule has 5 nitrogen and oxygen atoms in total. The summed E-state index contributed by atoms with van der Waals surface area (Å²) in [5.74, 6) is -0.523. The van der Waals surface area contributed by atoms with Crippen LogP contribution in [0.2, 0.25) is 10.0 Å². The zero-order valence-electron chi connectivity index (χ0n) is 17.2. The minimum absolute atomic E-state index is 0.0180. The van der Waals surface area contributed by atoms with Crippen molar-refractivity contribution in [1.29, 1.82) is 0 Å². The lowest BCUT2D eigenvalue weighted by Gasteiger charge is -2.19. The molecule has 0 spiro atoms. The average molecular weight is 478 g/mol. The number of alkyl halides is 3. The topological polar surface area (TPSA) is 53.6 Å². The van der Waals surface area contributed by atoms with Crippen molar-refractivity contribution >= 4 is 40.5 Å². The monoisotopic (exact) mass is 477 g/mol. The first-order valence-corrected chi connectivity index (χ1v) is 10.4. The van der Waals surface area contributed by atoms with Crippen LogP contribution in [0.15, 0.2) is 36.4 Å². The number of anilines is 2. The van der Waals surface area contributed by atoms with Crippen LogP contribution in [-0.4, -0.2) is 43.6 Å². The van der Waals surface area contributed by atoms with E-state index in [1.807, 2.05) is 0 Å². The molecule has 1 amide bonds. The number of hydrogen-bond acceptors (Lipinski definition) is 4. The predicted octanol–water partition coefficient (Wildman–Crippen LogP) is 5.78. The van der Waals surface area contributed by atoms with Gasteiger partial charge >= 0.3 is 6.18 Å². The lowest BCUT2D eigenvalue weighted by atomic mass is 10.2. The SMILES string of the molecule is CCN(CC)CCNc1ccc(NC(=O)COc2ccc(C(F)(F)F)cc2Cl)cc1Cl. The highest BCUT2D eigenvalue weighted by Gasteiger charge is 2.31. The highest BCUT2D eigenvalue weighted by molar-refractivity contribution is 6.33. The number of carbonyl (C=O) groups excluding carboxylic acids is 1. The standard InChI is InChI=1S/C21H24Cl2F3N3O2/c1-3-29(4-2)10-9-27-18-7-6-15(12-16(18)22)28-20(30)13-31-19-8-5-14(11-17(19)23)21(24,25)26/h5-8,11-12,27H,3-4,9-10,13H2,1-2H3,(H,28,30). The Hall–Kier alpha value is -2.16. The summed E-state index contributed by atoms with van der Waals surface area (Å²) in [5, 5.41) is 6.09. The largest absolute Gasteiger partial charge is 0.482 e. The molecule has 2 aromatic rings. The predicted molar refractivity (Wildman–Crippen MR) is 118 cm³/mol. The van der Waals surface area contributed by atoms with Crippen molar-refractivity contribution in [2.24, 2.45) is 0 Å². The molecule has 0 aliphatic rings. The van der Waals surface area contributed by atoms with E-state index in [2.05, 4.69) is 29.4 Å². The van der Waals surface area contributed by atoms with Crippen LogP contribution in [0, 0.1) is 0 Å². The molecule has 0 saturated carbocycles. The van der Waals surface area contributed by atoms with Gasteiger partial charge in [-0.3, -0.25) is 4.79 Å². The van der Waals surface area contributed by atoms with Gasteiger partial charge < -0.3 is 20.3 Å². The summed E-state index contributed by atoms with van der Waals surface area (Å²) in [4.78, 5) is 14.4. The highest BCUT2D eigenvalue weighted by atomic mass is 35.5. The molecule has 2 aromatic carbocycles. The quantitative estimate of drug-likeness (QED) is 0.455. The number of carbonyl (C=O) groups is 1. The third kappa shape index (κ3) is 7.79. The van der Waals surface area contributed by atoms with Gasteiger partial charge in [-0.15, -0.1) is 0 Å². The smallest absolute Gasteiger partial charge is 0.416 e. The number of ether oxygens (including phenoxy) is 1. The Morgan fingerprint density at radius 2 is 1.77 bits per heavy atom. The highest BCUT2D eigenvalue weighted by Crippen LogP contribution is 2.34. The van der Waals surface area contributed by atoms with Crippen molar-refractivity contribution in [3.8, 4) is 5.75 Å². The second-order valence-corrected chi connectivity index (χ2v) is 7.44. The number of likely N-dealkylation sites (N-methyl/N-ethyl adjacent to an activating group) is 1. The number of rotatable bonds is 10. The van der Waals surface area contributed by atoms with Gasteiger partial charge in [0.15, 0.2) is 6.61 Å². The van der Waals surface area contributed by atoms with Gasteiger partial charge in [0.2, 0.25) is 0 Å². The maximum Gasteiger partial charge on any atom is 0.416 e. The van der Waals surface area contributed by atoms with Crippen molar-refractivity contribution in [3.63, 3.8) is 0 Å². The zero-order chi connectivity index (χ0) is 23.0. The molecular formula is C21H24Cl2F3N3O2. The Morgan fingerprint density at radius 3 is 2.35 bits per heavy atom. The van der Waals surface area contributed by atoms with Gasteiger partial charge in [-0.2, -0.15) is 13.2 Å². The van der Waals surface area contributed by atoms with Gasteiger partial charge in [0.25, 0.3) is 5.91 Å². The van der Waals surface area contributed by atoms with Gasteiger partial charge in [-0.1, -0.05) is 37.0 Å². The third-order valence-electron chi connectivity index (χ3n) is 4.51. The van der Waals surface area contributed by atoms with Crippen LogP contribution in [-0.2, 0) is 11.0 Å². The minimum Gasteiger partial charge on any atom is -0.482 e.